The predicted molar refractivity (Wildman–Crippen MR) is 85.0 cm³/mol. The highest BCUT2D eigenvalue weighted by molar-refractivity contribution is 6.42. The third-order valence-electron chi connectivity index (χ3n) is 2.79. The molecule has 0 aliphatic heterocycles. The Morgan fingerprint density at radius 1 is 1.10 bits per heavy atom. The van der Waals surface area contributed by atoms with Crippen LogP contribution in [0, 0.1) is 6.92 Å². The summed E-state index contributed by atoms with van der Waals surface area (Å²) in [4.78, 5) is 12.2. The largest absolute Gasteiger partial charge is 0.398 e. The first kappa shape index (κ1) is 15.0. The summed E-state index contributed by atoms with van der Waals surface area (Å²) in [6.45, 7) is 1.87. The van der Waals surface area contributed by atoms with Crippen LogP contribution in [0.1, 0.15) is 15.9 Å². The third kappa shape index (κ3) is 3.18. The van der Waals surface area contributed by atoms with Crippen molar-refractivity contribution < 1.29 is 4.79 Å². The first-order chi connectivity index (χ1) is 9.38. The third-order valence-corrected chi connectivity index (χ3v) is 3.60. The lowest BCUT2D eigenvalue weighted by Gasteiger charge is -2.10. The number of nitrogen functional groups attached to an aromatic ring is 1. The molecule has 0 aromatic heterocycles. The SMILES string of the molecule is Cc1ccc(C(=O)Nc2c(Cl)cc(Cl)cc2Cl)cc1N. The number of aryl methyl sites for hydroxylation is 1. The topological polar surface area (TPSA) is 55.1 Å². The standard InChI is InChI=1S/C14H11Cl3N2O/c1-7-2-3-8(4-12(7)18)14(20)19-13-10(16)5-9(15)6-11(13)17/h2-6H,18H2,1H3,(H,19,20). The highest BCUT2D eigenvalue weighted by Gasteiger charge is 2.13. The number of amides is 1. The van der Waals surface area contributed by atoms with Crippen LogP contribution in [-0.2, 0) is 0 Å². The van der Waals surface area contributed by atoms with E-state index in [0.29, 0.717) is 22.0 Å². The van der Waals surface area contributed by atoms with Crippen LogP contribution in [0.4, 0.5) is 11.4 Å². The van der Waals surface area contributed by atoms with E-state index in [4.69, 9.17) is 40.5 Å². The average Bonchev–Trinajstić information content (AvgIpc) is 2.36. The van der Waals surface area contributed by atoms with E-state index in [-0.39, 0.29) is 16.0 Å². The predicted octanol–water partition coefficient (Wildman–Crippen LogP) is 4.79. The zero-order chi connectivity index (χ0) is 14.9. The summed E-state index contributed by atoms with van der Waals surface area (Å²) in [5, 5.41) is 3.60. The van der Waals surface area contributed by atoms with E-state index in [9.17, 15) is 4.79 Å². The summed E-state index contributed by atoms with van der Waals surface area (Å²) in [7, 11) is 0. The Balaban J connectivity index is 2.30. The van der Waals surface area contributed by atoms with Crippen LogP contribution in [-0.4, -0.2) is 5.91 Å². The maximum atomic E-state index is 12.2. The molecule has 0 radical (unpaired) electrons. The Kier molecular flexibility index (Phi) is 4.43. The van der Waals surface area contributed by atoms with Crippen molar-refractivity contribution in [2.24, 2.45) is 0 Å². The van der Waals surface area contributed by atoms with Crippen molar-refractivity contribution in [1.82, 2.24) is 0 Å². The minimum absolute atomic E-state index is 0.274. The molecule has 0 fully saturated rings. The van der Waals surface area contributed by atoms with Crippen LogP contribution in [0.2, 0.25) is 15.1 Å². The number of nitrogens with one attached hydrogen (secondary N) is 1. The van der Waals surface area contributed by atoms with Gasteiger partial charge in [-0.2, -0.15) is 0 Å². The quantitative estimate of drug-likeness (QED) is 0.778. The van der Waals surface area contributed by atoms with Crippen LogP contribution in [0.25, 0.3) is 0 Å². The summed E-state index contributed by atoms with van der Waals surface area (Å²) in [5.41, 5.74) is 7.98. The molecule has 0 spiro atoms. The van der Waals surface area contributed by atoms with Crippen molar-refractivity contribution in [3.05, 3.63) is 56.5 Å². The van der Waals surface area contributed by atoms with E-state index < -0.39 is 0 Å². The van der Waals surface area contributed by atoms with E-state index in [1.165, 1.54) is 12.1 Å². The molecule has 104 valence electrons. The van der Waals surface area contributed by atoms with Gasteiger partial charge in [0.15, 0.2) is 0 Å². The molecule has 0 saturated carbocycles. The van der Waals surface area contributed by atoms with Crippen molar-refractivity contribution >= 4 is 52.1 Å². The fourth-order valence-electron chi connectivity index (χ4n) is 1.63. The van der Waals surface area contributed by atoms with Crippen LogP contribution < -0.4 is 11.1 Å². The number of hydrogen-bond acceptors (Lipinski definition) is 2. The molecule has 0 saturated heterocycles. The van der Waals surface area contributed by atoms with Crippen LogP contribution in [0.15, 0.2) is 30.3 Å². The molecule has 0 unspecified atom stereocenters. The van der Waals surface area contributed by atoms with Gasteiger partial charge in [-0.1, -0.05) is 40.9 Å². The molecule has 0 bridgehead atoms. The van der Waals surface area contributed by atoms with Gasteiger partial charge in [0.1, 0.15) is 0 Å². The van der Waals surface area contributed by atoms with E-state index in [1.807, 2.05) is 6.92 Å². The maximum absolute atomic E-state index is 12.2. The van der Waals surface area contributed by atoms with Gasteiger partial charge >= 0.3 is 0 Å². The number of nitrogens with two attached hydrogens (primary N) is 1. The number of rotatable bonds is 2. The monoisotopic (exact) mass is 328 g/mol. The molecule has 2 aromatic rings. The molecule has 0 heterocycles. The fourth-order valence-corrected chi connectivity index (χ4v) is 2.54. The smallest absolute Gasteiger partial charge is 0.255 e. The minimum Gasteiger partial charge on any atom is -0.398 e. The maximum Gasteiger partial charge on any atom is 0.255 e. The summed E-state index contributed by atoms with van der Waals surface area (Å²) in [6.07, 6.45) is 0. The van der Waals surface area contributed by atoms with Crippen molar-refractivity contribution in [2.75, 3.05) is 11.1 Å². The molecule has 2 aromatic carbocycles. The molecule has 0 aliphatic carbocycles. The number of anilines is 2. The van der Waals surface area contributed by atoms with Crippen molar-refractivity contribution in [2.45, 2.75) is 6.92 Å². The second-order valence-corrected chi connectivity index (χ2v) is 5.52. The molecule has 3 N–H and O–H groups in total. The molecule has 0 atom stereocenters. The Hall–Kier alpha value is -1.42. The first-order valence-corrected chi connectivity index (χ1v) is 6.84. The zero-order valence-electron chi connectivity index (χ0n) is 10.5. The number of carbonyl (C=O) groups excluding carboxylic acids is 1. The van der Waals surface area contributed by atoms with E-state index in [0.717, 1.165) is 5.56 Å². The normalized spacial score (nSPS) is 10.4. The van der Waals surface area contributed by atoms with Gasteiger partial charge in [-0.05, 0) is 36.8 Å². The van der Waals surface area contributed by atoms with Gasteiger partial charge in [-0.3, -0.25) is 4.79 Å². The Labute approximate surface area is 131 Å². The molecule has 0 aliphatic rings. The molecule has 6 heteroatoms. The molecule has 2 rings (SSSR count). The summed E-state index contributed by atoms with van der Waals surface area (Å²) < 4.78 is 0. The number of halogens is 3. The van der Waals surface area contributed by atoms with Crippen LogP contribution in [0.5, 0.6) is 0 Å². The van der Waals surface area contributed by atoms with Crippen molar-refractivity contribution in [3.8, 4) is 0 Å². The Morgan fingerprint density at radius 2 is 1.70 bits per heavy atom. The number of hydrogen-bond donors (Lipinski definition) is 2. The van der Waals surface area contributed by atoms with Crippen molar-refractivity contribution in [3.63, 3.8) is 0 Å². The van der Waals surface area contributed by atoms with Gasteiger partial charge in [0, 0.05) is 16.3 Å². The van der Waals surface area contributed by atoms with E-state index in [1.54, 1.807) is 18.2 Å². The lowest BCUT2D eigenvalue weighted by molar-refractivity contribution is 0.102. The second kappa shape index (κ2) is 5.92. The molecular weight excluding hydrogens is 319 g/mol. The van der Waals surface area contributed by atoms with Gasteiger partial charge < -0.3 is 11.1 Å². The lowest BCUT2D eigenvalue weighted by Crippen LogP contribution is -2.13. The van der Waals surface area contributed by atoms with Crippen molar-refractivity contribution in [1.29, 1.82) is 0 Å². The second-order valence-electron chi connectivity index (χ2n) is 4.27. The Bertz CT molecular complexity index is 663. The summed E-state index contributed by atoms with van der Waals surface area (Å²) >= 11 is 17.8. The summed E-state index contributed by atoms with van der Waals surface area (Å²) in [6, 6.07) is 8.07. The molecular formula is C14H11Cl3N2O. The lowest BCUT2D eigenvalue weighted by atomic mass is 10.1. The van der Waals surface area contributed by atoms with Crippen LogP contribution >= 0.6 is 34.8 Å². The first-order valence-electron chi connectivity index (χ1n) is 5.70. The number of benzene rings is 2. The van der Waals surface area contributed by atoms with E-state index >= 15 is 0 Å². The van der Waals surface area contributed by atoms with Crippen LogP contribution in [0.3, 0.4) is 0 Å². The summed E-state index contributed by atoms with van der Waals surface area (Å²) in [5.74, 6) is -0.345. The van der Waals surface area contributed by atoms with Gasteiger partial charge in [-0.25, -0.2) is 0 Å². The highest BCUT2D eigenvalue weighted by atomic mass is 35.5. The molecule has 1 amide bonds. The average molecular weight is 330 g/mol. The molecule has 3 nitrogen and oxygen atoms in total. The van der Waals surface area contributed by atoms with Gasteiger partial charge in [0.25, 0.3) is 5.91 Å². The highest BCUT2D eigenvalue weighted by Crippen LogP contribution is 2.34. The van der Waals surface area contributed by atoms with Gasteiger partial charge in [0.2, 0.25) is 0 Å². The van der Waals surface area contributed by atoms with Gasteiger partial charge in [-0.15, -0.1) is 0 Å². The zero-order valence-corrected chi connectivity index (χ0v) is 12.8. The minimum atomic E-state index is -0.345. The number of carbonyl (C=O) groups is 1. The molecule has 20 heavy (non-hydrogen) atoms. The van der Waals surface area contributed by atoms with E-state index in [2.05, 4.69) is 5.32 Å². The van der Waals surface area contributed by atoms with Gasteiger partial charge in [0.05, 0.1) is 15.7 Å². The Morgan fingerprint density at radius 3 is 2.25 bits per heavy atom. The fraction of sp³-hybridized carbons (Fsp3) is 0.0714.